The number of aromatic nitrogens is 2. The van der Waals surface area contributed by atoms with E-state index in [1.54, 1.807) is 0 Å². The second-order valence-electron chi connectivity index (χ2n) is 6.13. The molecule has 116 valence electrons. The zero-order valence-electron chi connectivity index (χ0n) is 13.5. The molecule has 0 amide bonds. The molecule has 22 heavy (non-hydrogen) atoms. The van der Waals surface area contributed by atoms with E-state index in [0.717, 1.165) is 23.6 Å². The highest BCUT2D eigenvalue weighted by Crippen LogP contribution is 2.17. The van der Waals surface area contributed by atoms with E-state index in [-0.39, 0.29) is 0 Å². The Balaban J connectivity index is 1.63. The van der Waals surface area contributed by atoms with Crippen molar-refractivity contribution >= 4 is 11.6 Å². The summed E-state index contributed by atoms with van der Waals surface area (Å²) in [6.07, 6.45) is 4.06. The van der Waals surface area contributed by atoms with Gasteiger partial charge in [-0.1, -0.05) is 18.6 Å². The van der Waals surface area contributed by atoms with E-state index in [4.69, 9.17) is 0 Å². The van der Waals surface area contributed by atoms with Gasteiger partial charge in [-0.25, -0.2) is 9.97 Å². The zero-order valence-corrected chi connectivity index (χ0v) is 13.5. The van der Waals surface area contributed by atoms with Crippen LogP contribution in [0.25, 0.3) is 0 Å². The van der Waals surface area contributed by atoms with Crippen molar-refractivity contribution in [3.05, 3.63) is 47.3 Å². The van der Waals surface area contributed by atoms with Crippen LogP contribution in [0.4, 0.5) is 11.6 Å². The number of aryl methyl sites for hydroxylation is 2. The second-order valence-corrected chi connectivity index (χ2v) is 6.13. The molecular weight excluding hydrogens is 272 g/mol. The lowest BCUT2D eigenvalue weighted by Crippen LogP contribution is -2.29. The van der Waals surface area contributed by atoms with Crippen LogP contribution >= 0.6 is 0 Å². The highest BCUT2D eigenvalue weighted by molar-refractivity contribution is 5.53. The van der Waals surface area contributed by atoms with Crippen LogP contribution in [0.3, 0.4) is 0 Å². The fraction of sp³-hybridized carbons (Fsp3) is 0.444. The molecule has 2 aromatic rings. The van der Waals surface area contributed by atoms with Crippen molar-refractivity contribution in [3.63, 3.8) is 0 Å². The van der Waals surface area contributed by atoms with E-state index >= 15 is 0 Å². The van der Waals surface area contributed by atoms with Crippen LogP contribution in [-0.2, 0) is 6.54 Å². The number of hydrogen-bond donors (Lipinski definition) is 1. The highest BCUT2D eigenvalue weighted by Gasteiger charge is 2.10. The molecule has 1 aliphatic heterocycles. The summed E-state index contributed by atoms with van der Waals surface area (Å²) in [4.78, 5) is 11.4. The van der Waals surface area contributed by atoms with Crippen LogP contribution < -0.4 is 5.32 Å². The van der Waals surface area contributed by atoms with Gasteiger partial charge in [0.05, 0.1) is 0 Å². The summed E-state index contributed by atoms with van der Waals surface area (Å²) in [5.41, 5.74) is 4.37. The minimum atomic E-state index is 0.668. The molecule has 4 heteroatoms. The number of piperidine rings is 1. The number of anilines is 2. The molecular formula is C18H24N4. The Morgan fingerprint density at radius 2 is 1.59 bits per heavy atom. The first-order valence-corrected chi connectivity index (χ1v) is 8.10. The SMILES string of the molecule is Cc1cc(C)nc(Nc2ccc(CN3CCCCC3)cc2)n1. The van der Waals surface area contributed by atoms with E-state index in [1.807, 2.05) is 19.9 Å². The number of rotatable bonds is 4. The van der Waals surface area contributed by atoms with Crippen LogP contribution in [0.1, 0.15) is 36.2 Å². The van der Waals surface area contributed by atoms with E-state index in [1.165, 1.54) is 37.9 Å². The Kier molecular flexibility index (Phi) is 4.68. The fourth-order valence-corrected chi connectivity index (χ4v) is 2.98. The normalized spacial score (nSPS) is 15.7. The molecule has 1 aromatic carbocycles. The first kappa shape index (κ1) is 15.0. The van der Waals surface area contributed by atoms with Gasteiger partial charge in [-0.3, -0.25) is 4.90 Å². The van der Waals surface area contributed by atoms with E-state index in [2.05, 4.69) is 44.5 Å². The molecule has 0 atom stereocenters. The zero-order chi connectivity index (χ0) is 15.4. The maximum absolute atomic E-state index is 4.41. The standard InChI is InChI=1S/C18H24N4/c1-14-12-15(2)20-18(19-14)21-17-8-6-16(7-9-17)13-22-10-4-3-5-11-22/h6-9,12H,3-5,10-11,13H2,1-2H3,(H,19,20,21). The molecule has 0 unspecified atom stereocenters. The highest BCUT2D eigenvalue weighted by atomic mass is 15.1. The number of nitrogens with one attached hydrogen (secondary N) is 1. The third kappa shape index (κ3) is 4.04. The Hall–Kier alpha value is -1.94. The summed E-state index contributed by atoms with van der Waals surface area (Å²) in [6.45, 7) is 7.50. The molecule has 4 nitrogen and oxygen atoms in total. The number of likely N-dealkylation sites (tertiary alicyclic amines) is 1. The van der Waals surface area contributed by atoms with Gasteiger partial charge in [0.25, 0.3) is 0 Å². The van der Waals surface area contributed by atoms with Crippen molar-refractivity contribution in [1.29, 1.82) is 0 Å². The van der Waals surface area contributed by atoms with Gasteiger partial charge in [-0.15, -0.1) is 0 Å². The molecule has 0 saturated carbocycles. The van der Waals surface area contributed by atoms with Gasteiger partial charge >= 0.3 is 0 Å². The Morgan fingerprint density at radius 1 is 0.955 bits per heavy atom. The Labute approximate surface area is 132 Å². The molecule has 1 saturated heterocycles. The Bertz CT molecular complexity index is 595. The smallest absolute Gasteiger partial charge is 0.227 e. The topological polar surface area (TPSA) is 41.1 Å². The predicted octanol–water partition coefficient (Wildman–Crippen LogP) is 3.82. The van der Waals surface area contributed by atoms with Crippen molar-refractivity contribution in [2.75, 3.05) is 18.4 Å². The molecule has 1 aromatic heterocycles. The number of nitrogens with zero attached hydrogens (tertiary/aromatic N) is 3. The van der Waals surface area contributed by atoms with Crippen LogP contribution in [0, 0.1) is 13.8 Å². The third-order valence-electron chi connectivity index (χ3n) is 4.05. The summed E-state index contributed by atoms with van der Waals surface area (Å²) < 4.78 is 0. The van der Waals surface area contributed by atoms with E-state index in [0.29, 0.717) is 5.95 Å². The van der Waals surface area contributed by atoms with Crippen molar-refractivity contribution < 1.29 is 0 Å². The van der Waals surface area contributed by atoms with Crippen molar-refractivity contribution in [2.24, 2.45) is 0 Å². The minimum Gasteiger partial charge on any atom is -0.324 e. The average Bonchev–Trinajstić information content (AvgIpc) is 2.49. The molecule has 1 aliphatic rings. The fourth-order valence-electron chi connectivity index (χ4n) is 2.98. The molecule has 3 rings (SSSR count). The molecule has 0 bridgehead atoms. The van der Waals surface area contributed by atoms with E-state index < -0.39 is 0 Å². The second kappa shape index (κ2) is 6.88. The Morgan fingerprint density at radius 3 is 2.23 bits per heavy atom. The lowest BCUT2D eigenvalue weighted by atomic mass is 10.1. The van der Waals surface area contributed by atoms with Crippen LogP contribution in [0.15, 0.2) is 30.3 Å². The van der Waals surface area contributed by atoms with Gasteiger partial charge in [0, 0.05) is 23.6 Å². The summed E-state index contributed by atoms with van der Waals surface area (Å²) in [7, 11) is 0. The monoisotopic (exact) mass is 296 g/mol. The first-order valence-electron chi connectivity index (χ1n) is 8.10. The molecule has 1 fully saturated rings. The molecule has 2 heterocycles. The van der Waals surface area contributed by atoms with Gasteiger partial charge in [-0.05, 0) is 63.5 Å². The van der Waals surface area contributed by atoms with Gasteiger partial charge in [0.1, 0.15) is 0 Å². The number of benzene rings is 1. The van der Waals surface area contributed by atoms with Crippen molar-refractivity contribution in [1.82, 2.24) is 14.9 Å². The predicted molar refractivity (Wildman–Crippen MR) is 90.4 cm³/mol. The molecule has 0 aliphatic carbocycles. The van der Waals surface area contributed by atoms with Crippen molar-refractivity contribution in [2.45, 2.75) is 39.7 Å². The molecule has 0 radical (unpaired) electrons. The van der Waals surface area contributed by atoms with Gasteiger partial charge < -0.3 is 5.32 Å². The van der Waals surface area contributed by atoms with Crippen LogP contribution in [0.5, 0.6) is 0 Å². The lowest BCUT2D eigenvalue weighted by Gasteiger charge is -2.26. The summed E-state index contributed by atoms with van der Waals surface area (Å²) in [6, 6.07) is 10.6. The van der Waals surface area contributed by atoms with Crippen molar-refractivity contribution in [3.8, 4) is 0 Å². The largest absolute Gasteiger partial charge is 0.324 e. The lowest BCUT2D eigenvalue weighted by molar-refractivity contribution is 0.221. The minimum absolute atomic E-state index is 0.668. The van der Waals surface area contributed by atoms with E-state index in [9.17, 15) is 0 Å². The first-order chi connectivity index (χ1) is 10.7. The summed E-state index contributed by atoms with van der Waals surface area (Å²) in [5.74, 6) is 0.668. The maximum Gasteiger partial charge on any atom is 0.227 e. The van der Waals surface area contributed by atoms with Crippen LogP contribution in [0.2, 0.25) is 0 Å². The van der Waals surface area contributed by atoms with Crippen LogP contribution in [-0.4, -0.2) is 28.0 Å². The van der Waals surface area contributed by atoms with Gasteiger partial charge in [0.2, 0.25) is 5.95 Å². The number of hydrogen-bond acceptors (Lipinski definition) is 4. The maximum atomic E-state index is 4.41. The quantitative estimate of drug-likeness (QED) is 0.931. The molecule has 1 N–H and O–H groups in total. The van der Waals surface area contributed by atoms with Gasteiger partial charge in [-0.2, -0.15) is 0 Å². The average molecular weight is 296 g/mol. The summed E-state index contributed by atoms with van der Waals surface area (Å²) in [5, 5.41) is 3.28. The molecule has 0 spiro atoms. The van der Waals surface area contributed by atoms with Gasteiger partial charge in [0.15, 0.2) is 0 Å². The third-order valence-corrected chi connectivity index (χ3v) is 4.05. The summed E-state index contributed by atoms with van der Waals surface area (Å²) >= 11 is 0.